The van der Waals surface area contributed by atoms with Gasteiger partial charge in [0.1, 0.15) is 12.2 Å². The second kappa shape index (κ2) is 6.46. The number of carboxylic acid groups (broad SMARTS) is 1. The van der Waals surface area contributed by atoms with Gasteiger partial charge in [0, 0.05) is 18.9 Å². The van der Waals surface area contributed by atoms with Gasteiger partial charge in [-0.05, 0) is 32.1 Å². The van der Waals surface area contributed by atoms with E-state index in [9.17, 15) is 4.79 Å². The van der Waals surface area contributed by atoms with E-state index in [4.69, 9.17) is 19.3 Å². The Labute approximate surface area is 125 Å². The van der Waals surface area contributed by atoms with Crippen molar-refractivity contribution in [3.8, 4) is 0 Å². The molecule has 6 atom stereocenters. The number of aliphatic carboxylic acids is 1. The van der Waals surface area contributed by atoms with Crippen LogP contribution in [-0.4, -0.2) is 48.7 Å². The highest BCUT2D eigenvalue weighted by molar-refractivity contribution is 5.66. The molecule has 0 aromatic heterocycles. The second-order valence-electron chi connectivity index (χ2n) is 6.11. The molecule has 1 N–H and O–H groups in total. The first-order valence-corrected chi connectivity index (χ1v) is 7.97. The second-order valence-corrected chi connectivity index (χ2v) is 6.11. The minimum absolute atomic E-state index is 0.219. The Balaban J connectivity index is 1.46. The molecule has 0 radical (unpaired) electrons. The van der Waals surface area contributed by atoms with Gasteiger partial charge >= 0.3 is 5.97 Å². The van der Waals surface area contributed by atoms with Crippen molar-refractivity contribution >= 4 is 5.97 Å². The summed E-state index contributed by atoms with van der Waals surface area (Å²) in [6.07, 6.45) is 8.10. The molecular formula is C16H24O5. The summed E-state index contributed by atoms with van der Waals surface area (Å²) in [5.41, 5.74) is 0. The Hall–Kier alpha value is -0.910. The molecule has 3 heterocycles. The van der Waals surface area contributed by atoms with E-state index in [0.717, 1.165) is 26.1 Å². The topological polar surface area (TPSA) is 68.3 Å². The van der Waals surface area contributed by atoms with Crippen LogP contribution in [0.1, 0.15) is 32.6 Å². The van der Waals surface area contributed by atoms with Gasteiger partial charge in [-0.3, -0.25) is 4.79 Å². The number of epoxide rings is 1. The zero-order valence-electron chi connectivity index (χ0n) is 12.4. The van der Waals surface area contributed by atoms with Gasteiger partial charge in [0.05, 0.1) is 18.8 Å². The number of hydrogen-bond acceptors (Lipinski definition) is 4. The highest BCUT2D eigenvalue weighted by Crippen LogP contribution is 2.54. The van der Waals surface area contributed by atoms with Crippen molar-refractivity contribution in [3.63, 3.8) is 0 Å². The fraction of sp³-hybridized carbons (Fsp3) is 0.812. The van der Waals surface area contributed by atoms with E-state index >= 15 is 0 Å². The lowest BCUT2D eigenvalue weighted by molar-refractivity contribution is -0.137. The zero-order valence-corrected chi connectivity index (χ0v) is 12.4. The van der Waals surface area contributed by atoms with E-state index in [1.165, 1.54) is 0 Å². The number of carboxylic acids is 1. The molecule has 0 aromatic rings. The van der Waals surface area contributed by atoms with Crippen molar-refractivity contribution in [3.05, 3.63) is 12.2 Å². The Morgan fingerprint density at radius 3 is 2.57 bits per heavy atom. The van der Waals surface area contributed by atoms with Gasteiger partial charge in [-0.1, -0.05) is 12.2 Å². The lowest BCUT2D eigenvalue weighted by Gasteiger charge is -2.24. The smallest absolute Gasteiger partial charge is 0.303 e. The lowest BCUT2D eigenvalue weighted by Crippen LogP contribution is -2.35. The number of allylic oxidation sites excluding steroid dienone is 2. The van der Waals surface area contributed by atoms with Crippen LogP contribution in [0.2, 0.25) is 0 Å². The fourth-order valence-electron chi connectivity index (χ4n) is 3.70. The number of rotatable bonds is 9. The van der Waals surface area contributed by atoms with Gasteiger partial charge in [-0.2, -0.15) is 0 Å². The number of hydrogen-bond donors (Lipinski definition) is 1. The molecule has 3 rings (SSSR count). The molecule has 0 unspecified atom stereocenters. The predicted octanol–water partition coefficient (Wildman–Crippen LogP) is 2.00. The third-order valence-electron chi connectivity index (χ3n) is 4.77. The molecule has 2 bridgehead atoms. The van der Waals surface area contributed by atoms with Crippen LogP contribution in [0.3, 0.4) is 0 Å². The van der Waals surface area contributed by atoms with Gasteiger partial charge in [0.15, 0.2) is 0 Å². The van der Waals surface area contributed by atoms with Crippen molar-refractivity contribution in [1.82, 2.24) is 0 Å². The number of fused-ring (bicyclic) bond motifs is 5. The summed E-state index contributed by atoms with van der Waals surface area (Å²) < 4.78 is 17.3. The molecule has 3 aliphatic heterocycles. The van der Waals surface area contributed by atoms with Gasteiger partial charge < -0.3 is 19.3 Å². The number of ether oxygens (including phenoxy) is 3. The van der Waals surface area contributed by atoms with E-state index in [1.54, 1.807) is 0 Å². The summed E-state index contributed by atoms with van der Waals surface area (Å²) in [7, 11) is 0. The minimum atomic E-state index is -0.724. The average molecular weight is 296 g/mol. The Morgan fingerprint density at radius 1 is 1.14 bits per heavy atom. The average Bonchev–Trinajstić information content (AvgIpc) is 3.09. The van der Waals surface area contributed by atoms with Crippen molar-refractivity contribution in [2.45, 2.75) is 57.0 Å². The van der Waals surface area contributed by atoms with E-state index in [1.807, 2.05) is 6.92 Å². The maximum absolute atomic E-state index is 10.4. The van der Waals surface area contributed by atoms with Crippen LogP contribution in [0, 0.1) is 11.8 Å². The van der Waals surface area contributed by atoms with Crippen molar-refractivity contribution < 1.29 is 24.1 Å². The van der Waals surface area contributed by atoms with Crippen LogP contribution >= 0.6 is 0 Å². The molecule has 3 saturated heterocycles. The van der Waals surface area contributed by atoms with E-state index in [0.29, 0.717) is 30.5 Å². The molecular weight excluding hydrogens is 272 g/mol. The minimum Gasteiger partial charge on any atom is -0.481 e. The molecule has 0 saturated carbocycles. The first kappa shape index (κ1) is 15.0. The van der Waals surface area contributed by atoms with Gasteiger partial charge in [-0.15, -0.1) is 0 Å². The SMILES string of the molecule is CCOC[C@@H]1[C@H](CC=CCCCC(=O)O)[C@H]2O[C@@H]1[C@H]1O[C@H]12. The molecule has 0 aliphatic carbocycles. The van der Waals surface area contributed by atoms with E-state index in [-0.39, 0.29) is 18.6 Å². The summed E-state index contributed by atoms with van der Waals surface area (Å²) in [6.45, 7) is 3.50. The Bertz CT molecular complexity index is 407. The predicted molar refractivity (Wildman–Crippen MR) is 76.0 cm³/mol. The first-order chi connectivity index (χ1) is 10.2. The summed E-state index contributed by atoms with van der Waals surface area (Å²) >= 11 is 0. The van der Waals surface area contributed by atoms with Crippen LogP contribution in [0.25, 0.3) is 0 Å². The number of carbonyl (C=O) groups is 1. The van der Waals surface area contributed by atoms with Crippen LogP contribution in [0.4, 0.5) is 0 Å². The molecule has 118 valence electrons. The molecule has 5 nitrogen and oxygen atoms in total. The van der Waals surface area contributed by atoms with Gasteiger partial charge in [0.25, 0.3) is 0 Å². The molecule has 0 amide bonds. The third-order valence-corrected chi connectivity index (χ3v) is 4.77. The fourth-order valence-corrected chi connectivity index (χ4v) is 3.70. The third kappa shape index (κ3) is 3.15. The highest BCUT2D eigenvalue weighted by Gasteiger charge is 2.68. The van der Waals surface area contributed by atoms with E-state index in [2.05, 4.69) is 12.2 Å². The standard InChI is InChI=1S/C16H24O5/c1-2-19-9-11-10(7-5-3-4-6-8-12(17)18)13-15-16(21-15)14(11)20-13/h3,5,10-11,13-16H,2,4,6-9H2,1H3,(H,17,18)/t10-,11+,13+,14-,15-,16+/m0/s1. The van der Waals surface area contributed by atoms with Crippen LogP contribution in [-0.2, 0) is 19.0 Å². The van der Waals surface area contributed by atoms with E-state index < -0.39 is 5.97 Å². The molecule has 3 fully saturated rings. The lowest BCUT2D eigenvalue weighted by atomic mass is 9.78. The molecule has 0 spiro atoms. The molecule has 21 heavy (non-hydrogen) atoms. The quantitative estimate of drug-likeness (QED) is 0.400. The normalized spacial score (nSPS) is 39.9. The van der Waals surface area contributed by atoms with Crippen molar-refractivity contribution in [2.24, 2.45) is 11.8 Å². The Kier molecular flexibility index (Phi) is 4.62. The van der Waals surface area contributed by atoms with Crippen LogP contribution in [0.5, 0.6) is 0 Å². The van der Waals surface area contributed by atoms with Gasteiger partial charge in [0.2, 0.25) is 0 Å². The van der Waals surface area contributed by atoms with Crippen LogP contribution in [0.15, 0.2) is 12.2 Å². The molecule has 3 aliphatic rings. The number of unbranched alkanes of at least 4 members (excludes halogenated alkanes) is 1. The molecule has 5 heteroatoms. The van der Waals surface area contributed by atoms with Crippen LogP contribution < -0.4 is 0 Å². The summed E-state index contributed by atoms with van der Waals surface area (Å²) in [5.74, 6) is 0.182. The summed E-state index contributed by atoms with van der Waals surface area (Å²) in [4.78, 5) is 10.4. The zero-order chi connectivity index (χ0) is 14.8. The highest BCUT2D eigenvalue weighted by atomic mass is 16.7. The maximum atomic E-state index is 10.4. The first-order valence-electron chi connectivity index (χ1n) is 7.97. The summed E-state index contributed by atoms with van der Waals surface area (Å²) in [6, 6.07) is 0. The largest absolute Gasteiger partial charge is 0.481 e. The van der Waals surface area contributed by atoms with Crippen molar-refractivity contribution in [1.29, 1.82) is 0 Å². The monoisotopic (exact) mass is 296 g/mol. The maximum Gasteiger partial charge on any atom is 0.303 e. The molecule has 0 aromatic carbocycles. The van der Waals surface area contributed by atoms with Gasteiger partial charge in [-0.25, -0.2) is 0 Å². The summed E-state index contributed by atoms with van der Waals surface area (Å²) in [5, 5.41) is 8.60. The van der Waals surface area contributed by atoms with Crippen molar-refractivity contribution in [2.75, 3.05) is 13.2 Å². The Morgan fingerprint density at radius 2 is 1.86 bits per heavy atom.